The van der Waals surface area contributed by atoms with E-state index >= 15 is 0 Å². The van der Waals surface area contributed by atoms with E-state index in [9.17, 15) is 9.90 Å². The van der Waals surface area contributed by atoms with Gasteiger partial charge in [-0.2, -0.15) is 0 Å². The second-order valence-electron chi connectivity index (χ2n) is 2.52. The summed E-state index contributed by atoms with van der Waals surface area (Å²) in [6.45, 7) is 1.12. The number of carbonyl (C=O) groups is 1. The van der Waals surface area contributed by atoms with E-state index in [-0.39, 0.29) is 31.9 Å². The molecule has 1 atom stereocenters. The topological polar surface area (TPSA) is 80.6 Å². The van der Waals surface area contributed by atoms with Crippen LogP contribution in [0.4, 0.5) is 0 Å². The van der Waals surface area contributed by atoms with Crippen LogP contribution in [0.1, 0.15) is 19.8 Å². The van der Waals surface area contributed by atoms with Crippen LogP contribution >= 0.6 is 0 Å². The van der Waals surface area contributed by atoms with Crippen molar-refractivity contribution < 1.29 is 39.0 Å². The first kappa shape index (κ1) is 13.6. The molecule has 2 N–H and O–H groups in total. The van der Waals surface area contributed by atoms with Gasteiger partial charge in [0.25, 0.3) is 0 Å². The summed E-state index contributed by atoms with van der Waals surface area (Å²) in [6.07, 6.45) is -0.380. The molecule has 0 unspecified atom stereocenters. The van der Waals surface area contributed by atoms with Crippen molar-refractivity contribution in [1.82, 2.24) is 0 Å². The third-order valence-electron chi connectivity index (χ3n) is 1.18. The Bertz CT molecular complexity index is 124. The Morgan fingerprint density at radius 1 is 1.64 bits per heavy atom. The molecule has 0 rings (SSSR count). The number of aliphatic hydroxyl groups is 2. The van der Waals surface area contributed by atoms with Gasteiger partial charge in [0.1, 0.15) is 0 Å². The normalized spacial score (nSPS) is 14.8. The summed E-state index contributed by atoms with van der Waals surface area (Å²) in [5.74, 6) is -1.31. The Balaban J connectivity index is 0. The molecule has 11 heavy (non-hydrogen) atoms. The summed E-state index contributed by atoms with van der Waals surface area (Å²) < 4.78 is 0. The number of aliphatic carboxylic acids is 1. The Morgan fingerprint density at radius 2 is 2.09 bits per heavy atom. The third kappa shape index (κ3) is 7.89. The van der Waals surface area contributed by atoms with E-state index in [4.69, 9.17) is 10.2 Å². The van der Waals surface area contributed by atoms with Gasteiger partial charge in [-0.15, -0.1) is 0 Å². The van der Waals surface area contributed by atoms with Gasteiger partial charge in [-0.05, 0) is 13.3 Å². The predicted molar refractivity (Wildman–Crippen MR) is 32.0 cm³/mol. The van der Waals surface area contributed by atoms with Crippen LogP contribution in [-0.4, -0.2) is 28.4 Å². The van der Waals surface area contributed by atoms with Crippen LogP contribution < -0.4 is 24.0 Å². The van der Waals surface area contributed by atoms with Crippen LogP contribution in [0.3, 0.4) is 0 Å². The van der Waals surface area contributed by atoms with Crippen molar-refractivity contribution in [2.24, 2.45) is 0 Å². The van der Waals surface area contributed by atoms with E-state index in [1.165, 1.54) is 6.92 Å². The molecule has 0 aromatic carbocycles. The summed E-state index contributed by atoms with van der Waals surface area (Å²) in [5.41, 5.74) is -1.34. The monoisotopic (exact) mass is 154 g/mol. The van der Waals surface area contributed by atoms with E-state index in [0.717, 1.165) is 0 Å². The third-order valence-corrected chi connectivity index (χ3v) is 1.18. The van der Waals surface area contributed by atoms with Crippen molar-refractivity contribution >= 4 is 5.97 Å². The molecule has 0 saturated heterocycles. The first-order chi connectivity index (χ1) is 4.48. The summed E-state index contributed by atoms with van der Waals surface area (Å²) in [4.78, 5) is 9.94. The standard InChI is InChI=1S/C6H12O4.Li/c1-6(10,2-3-7)4-5(8)9;/h7,10H,2-4H2,1H3,(H,8,9);/q;+1/p-1/t6-;/m0./s1. The van der Waals surface area contributed by atoms with E-state index in [2.05, 4.69) is 0 Å². The zero-order chi connectivity index (χ0) is 8.20. The molecule has 0 radical (unpaired) electrons. The Morgan fingerprint density at radius 3 is 2.36 bits per heavy atom. The molecule has 0 spiro atoms. The summed E-state index contributed by atoms with van der Waals surface area (Å²) in [5, 5.41) is 27.4. The van der Waals surface area contributed by atoms with Gasteiger partial charge < -0.3 is 20.1 Å². The van der Waals surface area contributed by atoms with Gasteiger partial charge in [0, 0.05) is 19.0 Å². The smallest absolute Gasteiger partial charge is 0.550 e. The maximum Gasteiger partial charge on any atom is 1.00 e. The molecule has 0 aromatic heterocycles. The molecular weight excluding hydrogens is 143 g/mol. The molecule has 60 valence electrons. The average Bonchev–Trinajstić information content (AvgIpc) is 1.59. The van der Waals surface area contributed by atoms with Crippen molar-refractivity contribution in [2.45, 2.75) is 25.4 Å². The van der Waals surface area contributed by atoms with Crippen LogP contribution in [0, 0.1) is 0 Å². The molecule has 5 heteroatoms. The Hall–Kier alpha value is -0.0126. The first-order valence-corrected chi connectivity index (χ1v) is 3.01. The van der Waals surface area contributed by atoms with Crippen LogP contribution in [0.5, 0.6) is 0 Å². The quantitative estimate of drug-likeness (QED) is 0.398. The van der Waals surface area contributed by atoms with E-state index in [0.29, 0.717) is 0 Å². The summed E-state index contributed by atoms with van der Waals surface area (Å²) in [6, 6.07) is 0. The number of carboxylic acids is 1. The molecule has 0 aromatic rings. The molecule has 0 saturated carbocycles. The Labute approximate surface area is 77.4 Å². The fraction of sp³-hybridized carbons (Fsp3) is 0.833. The van der Waals surface area contributed by atoms with Gasteiger partial charge in [-0.25, -0.2) is 0 Å². The molecule has 0 aliphatic heterocycles. The molecule has 0 aliphatic carbocycles. The van der Waals surface area contributed by atoms with Gasteiger partial charge in [0.15, 0.2) is 0 Å². The van der Waals surface area contributed by atoms with Crippen molar-refractivity contribution in [3.8, 4) is 0 Å². The average molecular weight is 154 g/mol. The second kappa shape index (κ2) is 5.61. The van der Waals surface area contributed by atoms with Gasteiger partial charge in [0.05, 0.1) is 5.60 Å². The molecule has 0 aliphatic rings. The molecule has 4 nitrogen and oxygen atoms in total. The SMILES string of the molecule is C[C@](O)(CCO)CC(=O)[O-].[Li+]. The molecule has 0 fully saturated rings. The fourth-order valence-corrected chi connectivity index (χ4v) is 0.640. The van der Waals surface area contributed by atoms with E-state index < -0.39 is 18.0 Å². The minimum absolute atomic E-state index is 0. The van der Waals surface area contributed by atoms with Gasteiger partial charge in [0.2, 0.25) is 0 Å². The molecule has 0 amide bonds. The second-order valence-corrected chi connectivity index (χ2v) is 2.52. The first-order valence-electron chi connectivity index (χ1n) is 3.01. The molecular formula is C6H11LiO4. The number of hydrogen-bond acceptors (Lipinski definition) is 4. The predicted octanol–water partition coefficient (Wildman–Crippen LogP) is -4.74. The maximum absolute atomic E-state index is 9.94. The van der Waals surface area contributed by atoms with Crippen LogP contribution in [0.2, 0.25) is 0 Å². The number of carbonyl (C=O) groups excluding carboxylic acids is 1. The molecule has 0 bridgehead atoms. The zero-order valence-electron chi connectivity index (χ0n) is 6.83. The number of hydrogen-bond donors (Lipinski definition) is 2. The largest absolute Gasteiger partial charge is 1.00 e. The number of rotatable bonds is 4. The van der Waals surface area contributed by atoms with Crippen LogP contribution in [0.15, 0.2) is 0 Å². The van der Waals surface area contributed by atoms with E-state index in [1.54, 1.807) is 0 Å². The van der Waals surface area contributed by atoms with Crippen molar-refractivity contribution in [3.63, 3.8) is 0 Å². The summed E-state index contributed by atoms with van der Waals surface area (Å²) >= 11 is 0. The maximum atomic E-state index is 9.94. The van der Waals surface area contributed by atoms with Gasteiger partial charge in [-0.3, -0.25) is 0 Å². The molecule has 0 heterocycles. The van der Waals surface area contributed by atoms with Gasteiger partial charge >= 0.3 is 18.9 Å². The van der Waals surface area contributed by atoms with E-state index in [1.807, 2.05) is 0 Å². The number of carboxylic acid groups (broad SMARTS) is 1. The number of aliphatic hydroxyl groups excluding tert-OH is 1. The van der Waals surface area contributed by atoms with Crippen LogP contribution in [0.25, 0.3) is 0 Å². The fourth-order valence-electron chi connectivity index (χ4n) is 0.640. The van der Waals surface area contributed by atoms with Crippen molar-refractivity contribution in [3.05, 3.63) is 0 Å². The Kier molecular flexibility index (Phi) is 6.92. The van der Waals surface area contributed by atoms with Crippen LogP contribution in [-0.2, 0) is 4.79 Å². The minimum atomic E-state index is -1.34. The summed E-state index contributed by atoms with van der Waals surface area (Å²) in [7, 11) is 0. The minimum Gasteiger partial charge on any atom is -0.550 e. The zero-order valence-corrected chi connectivity index (χ0v) is 6.83. The van der Waals surface area contributed by atoms with Gasteiger partial charge in [-0.1, -0.05) is 0 Å². The van der Waals surface area contributed by atoms with Crippen molar-refractivity contribution in [2.75, 3.05) is 6.61 Å². The van der Waals surface area contributed by atoms with Crippen molar-refractivity contribution in [1.29, 1.82) is 0 Å².